The number of halogens is 3. The van der Waals surface area contributed by atoms with Gasteiger partial charge in [0.1, 0.15) is 22.3 Å². The van der Waals surface area contributed by atoms with E-state index in [0.717, 1.165) is 29.9 Å². The highest BCUT2D eigenvalue weighted by atomic mass is 19.4. The van der Waals surface area contributed by atoms with E-state index in [1.54, 1.807) is 44.2 Å². The molecule has 7 rings (SSSR count). The largest absolute Gasteiger partial charge is 0.494 e. The summed E-state index contributed by atoms with van der Waals surface area (Å²) in [4.78, 5) is 38.6. The van der Waals surface area contributed by atoms with E-state index < -0.39 is 23.5 Å². The SMILES string of the molecule is COc1cc(C(=O)N2CC[C@@H](OC)[C@@H](N)C2)cc2nc(-c3cc4ccc5nc4n3C[C@H]3C[C@H]3CCC[C@](C)(C(F)(F)F)C(=O)N[C@@H]5C)n(C)c12. The first-order chi connectivity index (χ1) is 23.7. The second-order valence-electron chi connectivity index (χ2n) is 14.5. The number of nitrogens with one attached hydrogen (secondary N) is 1. The molecule has 2 aliphatic heterocycles. The minimum Gasteiger partial charge on any atom is -0.494 e. The van der Waals surface area contributed by atoms with Gasteiger partial charge in [-0.15, -0.1) is 0 Å². The molecular weight excluding hydrogens is 651 g/mol. The molecule has 11 nitrogen and oxygen atoms in total. The number of piperidine rings is 1. The van der Waals surface area contributed by atoms with Gasteiger partial charge in [-0.25, -0.2) is 9.97 Å². The number of imidazole rings is 1. The first kappa shape index (κ1) is 34.3. The Hall–Kier alpha value is -4.17. The van der Waals surface area contributed by atoms with Gasteiger partial charge in [0, 0.05) is 50.8 Å². The monoisotopic (exact) mass is 695 g/mol. The molecular formula is C36H44F3N7O4. The second kappa shape index (κ2) is 12.6. The number of hydrogen-bond donors (Lipinski definition) is 2. The summed E-state index contributed by atoms with van der Waals surface area (Å²) in [6, 6.07) is 8.15. The molecule has 2 bridgehead atoms. The average Bonchev–Trinajstić information content (AvgIpc) is 3.60. The van der Waals surface area contributed by atoms with Gasteiger partial charge in [0.2, 0.25) is 5.91 Å². The number of ether oxygens (including phenoxy) is 2. The van der Waals surface area contributed by atoms with Crippen LogP contribution in [-0.4, -0.2) is 81.4 Å². The van der Waals surface area contributed by atoms with Crippen molar-refractivity contribution in [2.24, 2.45) is 30.0 Å². The molecule has 3 aromatic heterocycles. The number of nitrogens with zero attached hydrogens (tertiary/aromatic N) is 5. The fourth-order valence-electron chi connectivity index (χ4n) is 7.85. The molecule has 50 heavy (non-hydrogen) atoms. The van der Waals surface area contributed by atoms with Crippen LogP contribution in [0.25, 0.3) is 33.6 Å². The lowest BCUT2D eigenvalue weighted by molar-refractivity contribution is -0.219. The molecule has 1 saturated heterocycles. The predicted molar refractivity (Wildman–Crippen MR) is 181 cm³/mol. The van der Waals surface area contributed by atoms with Crippen LogP contribution in [0.1, 0.15) is 68.0 Å². The molecule has 5 heterocycles. The highest BCUT2D eigenvalue weighted by molar-refractivity contribution is 6.00. The Labute approximate surface area is 288 Å². The normalized spacial score (nSPS) is 27.7. The molecule has 1 aromatic carbocycles. The van der Waals surface area contributed by atoms with Crippen LogP contribution in [0.3, 0.4) is 0 Å². The number of alkyl halides is 3. The first-order valence-corrected chi connectivity index (χ1v) is 17.2. The van der Waals surface area contributed by atoms with Crippen molar-refractivity contribution in [2.75, 3.05) is 27.3 Å². The van der Waals surface area contributed by atoms with Crippen LogP contribution in [-0.2, 0) is 23.1 Å². The van der Waals surface area contributed by atoms with Gasteiger partial charge < -0.3 is 34.6 Å². The summed E-state index contributed by atoms with van der Waals surface area (Å²) in [6.07, 6.45) is -2.58. The zero-order chi connectivity index (χ0) is 35.7. The summed E-state index contributed by atoms with van der Waals surface area (Å²) < 4.78 is 58.1. The van der Waals surface area contributed by atoms with Crippen LogP contribution >= 0.6 is 0 Å². The number of hydrogen-bond acceptors (Lipinski definition) is 7. The van der Waals surface area contributed by atoms with Crippen LogP contribution in [0.4, 0.5) is 13.2 Å². The molecule has 3 N–H and O–H groups in total. The minimum absolute atomic E-state index is 0.0957. The number of fused-ring (bicyclic) bond motifs is 3. The lowest BCUT2D eigenvalue weighted by Crippen LogP contribution is -2.53. The van der Waals surface area contributed by atoms with Gasteiger partial charge in [-0.3, -0.25) is 9.59 Å². The van der Waals surface area contributed by atoms with E-state index in [4.69, 9.17) is 25.2 Å². The molecule has 0 radical (unpaired) electrons. The molecule has 4 aromatic rings. The molecule has 14 heteroatoms. The van der Waals surface area contributed by atoms with E-state index in [1.807, 2.05) is 23.7 Å². The second-order valence-corrected chi connectivity index (χ2v) is 14.5. The number of benzene rings is 1. The Morgan fingerprint density at radius 2 is 1.88 bits per heavy atom. The van der Waals surface area contributed by atoms with Gasteiger partial charge in [0.15, 0.2) is 5.82 Å². The number of methoxy groups -OCH3 is 2. The molecule has 268 valence electrons. The number of likely N-dealkylation sites (tertiary alicyclic amines) is 1. The molecule has 0 spiro atoms. The molecule has 0 unspecified atom stereocenters. The van der Waals surface area contributed by atoms with E-state index in [-0.39, 0.29) is 36.3 Å². The van der Waals surface area contributed by atoms with Crippen LogP contribution in [0.15, 0.2) is 30.3 Å². The Bertz CT molecular complexity index is 1970. The van der Waals surface area contributed by atoms with Gasteiger partial charge in [0.25, 0.3) is 5.91 Å². The number of carbonyl (C=O) groups is 2. The molecule has 6 atom stereocenters. The van der Waals surface area contributed by atoms with Crippen molar-refractivity contribution in [3.05, 3.63) is 41.6 Å². The fraction of sp³-hybridized carbons (Fsp3) is 0.556. The van der Waals surface area contributed by atoms with Crippen molar-refractivity contribution in [1.82, 2.24) is 29.3 Å². The Morgan fingerprint density at radius 1 is 1.10 bits per heavy atom. The number of carbonyl (C=O) groups excluding carboxylic acids is 2. The van der Waals surface area contributed by atoms with Crippen LogP contribution in [0.5, 0.6) is 5.75 Å². The maximum Gasteiger partial charge on any atom is 0.402 e. The molecule has 1 saturated carbocycles. The van der Waals surface area contributed by atoms with Gasteiger partial charge in [-0.1, -0.05) is 12.8 Å². The van der Waals surface area contributed by atoms with Crippen molar-refractivity contribution in [2.45, 2.75) is 76.9 Å². The van der Waals surface area contributed by atoms with Gasteiger partial charge in [-0.05, 0) is 75.3 Å². The van der Waals surface area contributed by atoms with Gasteiger partial charge in [-0.2, -0.15) is 13.2 Å². The maximum absolute atomic E-state index is 14.2. The lowest BCUT2D eigenvalue weighted by atomic mass is 9.82. The third kappa shape index (κ3) is 5.79. The van der Waals surface area contributed by atoms with Crippen molar-refractivity contribution >= 4 is 33.9 Å². The highest BCUT2D eigenvalue weighted by Crippen LogP contribution is 2.48. The van der Waals surface area contributed by atoms with E-state index >= 15 is 0 Å². The van der Waals surface area contributed by atoms with E-state index in [1.165, 1.54) is 0 Å². The van der Waals surface area contributed by atoms with Crippen molar-refractivity contribution in [3.8, 4) is 17.3 Å². The quantitative estimate of drug-likeness (QED) is 0.295. The summed E-state index contributed by atoms with van der Waals surface area (Å²) in [6.45, 7) is 4.19. The van der Waals surface area contributed by atoms with Crippen molar-refractivity contribution < 1.29 is 32.2 Å². The Balaban J connectivity index is 1.29. The van der Waals surface area contributed by atoms with Gasteiger partial charge >= 0.3 is 6.18 Å². The maximum atomic E-state index is 14.2. The third-order valence-electron chi connectivity index (χ3n) is 11.2. The molecule has 2 fully saturated rings. The standard InChI is InChI=1S/C36H44F3N7O4/c1-19-25-9-8-21-15-27(46(31(21)42-25)17-23-13-20(23)7-6-11-35(2,34(48)41-19)36(37,38)39)32-43-26-14-22(16-29(50-5)30(26)44(32)3)33(47)45-12-10-28(49-4)24(40)18-45/h8-9,14-16,19-20,23-24,28H,6-7,10-13,17-18,40H2,1-5H3,(H,41,48)/t19-,20-,23-,24+,28-,35+/m1/s1. The van der Waals surface area contributed by atoms with Crippen molar-refractivity contribution in [3.63, 3.8) is 0 Å². The third-order valence-corrected chi connectivity index (χ3v) is 11.2. The average molecular weight is 696 g/mol. The summed E-state index contributed by atoms with van der Waals surface area (Å²) >= 11 is 0. The predicted octanol–water partition coefficient (Wildman–Crippen LogP) is 5.35. The number of amides is 2. The smallest absolute Gasteiger partial charge is 0.402 e. The highest BCUT2D eigenvalue weighted by Gasteiger charge is 2.56. The summed E-state index contributed by atoms with van der Waals surface area (Å²) in [7, 11) is 5.11. The number of nitrogens with two attached hydrogens (primary N) is 1. The zero-order valence-corrected chi connectivity index (χ0v) is 29.0. The van der Waals surface area contributed by atoms with Crippen LogP contribution < -0.4 is 15.8 Å². The molecule has 1 aliphatic carbocycles. The first-order valence-electron chi connectivity index (χ1n) is 17.2. The van der Waals surface area contributed by atoms with E-state index in [9.17, 15) is 22.8 Å². The van der Waals surface area contributed by atoms with Crippen molar-refractivity contribution in [1.29, 1.82) is 0 Å². The molecule has 3 aliphatic rings. The summed E-state index contributed by atoms with van der Waals surface area (Å²) in [5.41, 5.74) is 7.56. The van der Waals surface area contributed by atoms with Crippen LogP contribution in [0.2, 0.25) is 0 Å². The summed E-state index contributed by atoms with van der Waals surface area (Å²) in [5, 5.41) is 3.46. The van der Waals surface area contributed by atoms with Gasteiger partial charge in [0.05, 0.1) is 36.2 Å². The van der Waals surface area contributed by atoms with E-state index in [2.05, 4.69) is 9.88 Å². The topological polar surface area (TPSA) is 130 Å². The zero-order valence-electron chi connectivity index (χ0n) is 29.0. The summed E-state index contributed by atoms with van der Waals surface area (Å²) in [5.74, 6) is 0.487. The number of aromatic nitrogens is 4. The van der Waals surface area contributed by atoms with Crippen LogP contribution in [0, 0.1) is 17.3 Å². The minimum atomic E-state index is -4.67. The lowest BCUT2D eigenvalue weighted by Gasteiger charge is -2.36. The Morgan fingerprint density at radius 3 is 2.58 bits per heavy atom. The fourth-order valence-corrected chi connectivity index (χ4v) is 7.85. The number of rotatable bonds is 4. The number of pyridine rings is 1. The number of aryl methyl sites for hydroxylation is 1. The Kier molecular flexibility index (Phi) is 8.61. The van der Waals surface area contributed by atoms with E-state index in [0.29, 0.717) is 72.9 Å². The molecule has 2 amide bonds.